The Bertz CT molecular complexity index is 1410. The van der Waals surface area contributed by atoms with E-state index < -0.39 is 9.84 Å². The van der Waals surface area contributed by atoms with E-state index in [-0.39, 0.29) is 16.8 Å². The van der Waals surface area contributed by atoms with E-state index in [1.807, 2.05) is 36.4 Å². The molecule has 0 radical (unpaired) electrons. The van der Waals surface area contributed by atoms with E-state index in [1.165, 1.54) is 6.26 Å². The molecule has 0 bridgehead atoms. The lowest BCUT2D eigenvalue weighted by Gasteiger charge is -2.19. The summed E-state index contributed by atoms with van der Waals surface area (Å²) in [6.07, 6.45) is 3.41. The molecule has 3 aromatic carbocycles. The summed E-state index contributed by atoms with van der Waals surface area (Å²) in [5, 5.41) is 11.3. The number of H-pyrrole nitrogens is 1. The number of carbonyl (C=O) groups is 1. The number of hydrogen-bond acceptors (Lipinski definition) is 4. The van der Waals surface area contributed by atoms with Crippen LogP contribution in [0.2, 0.25) is 0 Å². The van der Waals surface area contributed by atoms with Gasteiger partial charge in [0, 0.05) is 22.8 Å². The molecule has 1 aliphatic carbocycles. The van der Waals surface area contributed by atoms with Crippen LogP contribution in [0.1, 0.15) is 34.8 Å². The lowest BCUT2D eigenvalue weighted by Crippen LogP contribution is -2.29. The van der Waals surface area contributed by atoms with Gasteiger partial charge < -0.3 is 5.32 Å². The maximum atomic E-state index is 13.1. The zero-order valence-corrected chi connectivity index (χ0v) is 18.4. The molecule has 1 unspecified atom stereocenters. The maximum Gasteiger partial charge on any atom is 0.251 e. The Morgan fingerprint density at radius 3 is 2.53 bits per heavy atom. The summed E-state index contributed by atoms with van der Waals surface area (Å²) in [6, 6.07) is 22.2. The summed E-state index contributed by atoms with van der Waals surface area (Å²) in [4.78, 5) is 13.4. The molecule has 0 aliphatic heterocycles. The Kier molecular flexibility index (Phi) is 5.06. The number of hydrogen-bond donors (Lipinski definition) is 2. The molecular weight excluding hydrogens is 422 g/mol. The summed E-state index contributed by atoms with van der Waals surface area (Å²) in [6.45, 7) is 0. The summed E-state index contributed by atoms with van der Waals surface area (Å²) >= 11 is 0. The van der Waals surface area contributed by atoms with Gasteiger partial charge in [-0.15, -0.1) is 0 Å². The van der Waals surface area contributed by atoms with Gasteiger partial charge in [-0.3, -0.25) is 9.89 Å². The van der Waals surface area contributed by atoms with Gasteiger partial charge in [0.25, 0.3) is 5.91 Å². The molecule has 1 fully saturated rings. The van der Waals surface area contributed by atoms with Crippen molar-refractivity contribution in [3.8, 4) is 11.3 Å². The molecule has 6 nitrogen and oxygen atoms in total. The Hall–Kier alpha value is -3.45. The number of aromatic amines is 1. The van der Waals surface area contributed by atoms with E-state index in [9.17, 15) is 13.2 Å². The number of nitrogens with one attached hydrogen (secondary N) is 2. The van der Waals surface area contributed by atoms with Gasteiger partial charge in [-0.2, -0.15) is 5.10 Å². The normalized spacial score (nSPS) is 14.9. The van der Waals surface area contributed by atoms with Crippen molar-refractivity contribution in [2.75, 3.05) is 6.26 Å². The second-order valence-corrected chi connectivity index (χ2v) is 10.3. The molecule has 0 saturated heterocycles. The van der Waals surface area contributed by atoms with Crippen LogP contribution in [0.25, 0.3) is 22.2 Å². The van der Waals surface area contributed by atoms with E-state index in [4.69, 9.17) is 0 Å². The van der Waals surface area contributed by atoms with Gasteiger partial charge in [0.1, 0.15) is 0 Å². The first-order valence-electron chi connectivity index (χ1n) is 10.5. The van der Waals surface area contributed by atoms with Crippen LogP contribution in [0.4, 0.5) is 0 Å². The number of fused-ring (bicyclic) bond motifs is 1. The molecule has 7 heteroatoms. The standard InChI is InChI=1S/C25H23N3O3S/c1-32(30,31)20-9-5-8-18(14-20)24-21-15-19(12-13-22(21)27-28-24)25(29)26-23(17-10-11-17)16-6-3-2-4-7-16/h2-9,12-15,17,23H,10-11H2,1H3,(H,26,29)(H,27,28). The van der Waals surface area contributed by atoms with Crippen molar-refractivity contribution in [2.24, 2.45) is 5.92 Å². The Labute approximate surface area is 186 Å². The fourth-order valence-corrected chi connectivity index (χ4v) is 4.70. The molecular formula is C25H23N3O3S. The van der Waals surface area contributed by atoms with Crippen LogP contribution in [0, 0.1) is 5.92 Å². The van der Waals surface area contributed by atoms with E-state index in [0.717, 1.165) is 29.3 Å². The van der Waals surface area contributed by atoms with Crippen molar-refractivity contribution in [1.82, 2.24) is 15.5 Å². The second-order valence-electron chi connectivity index (χ2n) is 8.33. The fraction of sp³-hybridized carbons (Fsp3) is 0.200. The predicted molar refractivity (Wildman–Crippen MR) is 124 cm³/mol. The Morgan fingerprint density at radius 2 is 1.81 bits per heavy atom. The first-order chi connectivity index (χ1) is 15.4. The minimum atomic E-state index is -3.34. The van der Waals surface area contributed by atoms with Gasteiger partial charge in [-0.25, -0.2) is 8.42 Å². The van der Waals surface area contributed by atoms with Gasteiger partial charge in [-0.1, -0.05) is 42.5 Å². The number of sulfone groups is 1. The molecule has 1 saturated carbocycles. The molecule has 2 N–H and O–H groups in total. The average molecular weight is 446 g/mol. The van der Waals surface area contributed by atoms with Crippen molar-refractivity contribution >= 4 is 26.6 Å². The Balaban J connectivity index is 1.48. The minimum Gasteiger partial charge on any atom is -0.345 e. The summed E-state index contributed by atoms with van der Waals surface area (Å²) in [7, 11) is -3.34. The quantitative estimate of drug-likeness (QED) is 0.457. The zero-order chi connectivity index (χ0) is 22.3. The van der Waals surface area contributed by atoms with E-state index in [2.05, 4.69) is 27.6 Å². The van der Waals surface area contributed by atoms with Gasteiger partial charge >= 0.3 is 0 Å². The van der Waals surface area contributed by atoms with Crippen LogP contribution in [0.3, 0.4) is 0 Å². The molecule has 5 rings (SSSR count). The van der Waals surface area contributed by atoms with Gasteiger partial charge in [0.05, 0.1) is 22.1 Å². The van der Waals surface area contributed by atoms with E-state index >= 15 is 0 Å². The van der Waals surface area contributed by atoms with Crippen LogP contribution >= 0.6 is 0 Å². The molecule has 1 amide bonds. The number of carbonyl (C=O) groups excluding carboxylic acids is 1. The molecule has 1 atom stereocenters. The highest BCUT2D eigenvalue weighted by Crippen LogP contribution is 2.41. The van der Waals surface area contributed by atoms with Crippen molar-refractivity contribution in [3.63, 3.8) is 0 Å². The van der Waals surface area contributed by atoms with Crippen LogP contribution in [-0.2, 0) is 9.84 Å². The average Bonchev–Trinajstić information content (AvgIpc) is 3.55. The summed E-state index contributed by atoms with van der Waals surface area (Å²) < 4.78 is 23.9. The van der Waals surface area contributed by atoms with Gasteiger partial charge in [0.2, 0.25) is 0 Å². The van der Waals surface area contributed by atoms with E-state index in [1.54, 1.807) is 24.3 Å². The highest BCUT2D eigenvalue weighted by molar-refractivity contribution is 7.90. The molecule has 162 valence electrons. The van der Waals surface area contributed by atoms with E-state index in [0.29, 0.717) is 22.7 Å². The molecule has 32 heavy (non-hydrogen) atoms. The third-order valence-electron chi connectivity index (χ3n) is 5.90. The minimum absolute atomic E-state index is 0.00494. The van der Waals surface area contributed by atoms with Crippen molar-refractivity contribution < 1.29 is 13.2 Å². The Morgan fingerprint density at radius 1 is 1.03 bits per heavy atom. The molecule has 1 heterocycles. The van der Waals surface area contributed by atoms with Crippen LogP contribution in [-0.4, -0.2) is 30.8 Å². The monoisotopic (exact) mass is 445 g/mol. The van der Waals surface area contributed by atoms with Crippen LogP contribution in [0.15, 0.2) is 77.7 Å². The van der Waals surface area contributed by atoms with Crippen molar-refractivity contribution in [1.29, 1.82) is 0 Å². The molecule has 1 aromatic heterocycles. The van der Waals surface area contributed by atoms with Gasteiger partial charge in [0.15, 0.2) is 9.84 Å². The molecule has 4 aromatic rings. The first kappa shape index (κ1) is 20.5. The molecule has 0 spiro atoms. The highest BCUT2D eigenvalue weighted by Gasteiger charge is 2.33. The number of amides is 1. The number of aromatic nitrogens is 2. The van der Waals surface area contributed by atoms with Crippen LogP contribution < -0.4 is 5.32 Å². The summed E-state index contributed by atoms with van der Waals surface area (Å²) in [5.74, 6) is 0.331. The van der Waals surface area contributed by atoms with Crippen LogP contribution in [0.5, 0.6) is 0 Å². The number of rotatable bonds is 6. The number of benzene rings is 3. The van der Waals surface area contributed by atoms with Crippen molar-refractivity contribution in [3.05, 3.63) is 83.9 Å². The molecule has 1 aliphatic rings. The summed E-state index contributed by atoms with van der Waals surface area (Å²) in [5.41, 5.74) is 3.73. The topological polar surface area (TPSA) is 91.9 Å². The second kappa shape index (κ2) is 7.91. The predicted octanol–water partition coefficient (Wildman–Crippen LogP) is 4.51. The highest BCUT2D eigenvalue weighted by atomic mass is 32.2. The lowest BCUT2D eigenvalue weighted by atomic mass is 10.0. The lowest BCUT2D eigenvalue weighted by molar-refractivity contribution is 0.0932. The zero-order valence-electron chi connectivity index (χ0n) is 17.6. The first-order valence-corrected chi connectivity index (χ1v) is 12.4. The van der Waals surface area contributed by atoms with Crippen molar-refractivity contribution in [2.45, 2.75) is 23.8 Å². The largest absolute Gasteiger partial charge is 0.345 e. The third-order valence-corrected chi connectivity index (χ3v) is 7.01. The SMILES string of the molecule is CS(=O)(=O)c1cccc(-c2n[nH]c3ccc(C(=O)NC(c4ccccc4)C4CC4)cc23)c1. The third kappa shape index (κ3) is 4.03. The maximum absolute atomic E-state index is 13.1. The smallest absolute Gasteiger partial charge is 0.251 e. The van der Waals surface area contributed by atoms with Gasteiger partial charge in [-0.05, 0) is 54.7 Å². The fourth-order valence-electron chi connectivity index (χ4n) is 4.04. The number of nitrogens with zero attached hydrogens (tertiary/aromatic N) is 1.